The maximum Gasteiger partial charge on any atom is 0.198 e. The second-order valence-corrected chi connectivity index (χ2v) is 7.22. The summed E-state index contributed by atoms with van der Waals surface area (Å²) < 4.78 is 7.09. The summed E-state index contributed by atoms with van der Waals surface area (Å²) >= 11 is 0. The van der Waals surface area contributed by atoms with Crippen LogP contribution in [-0.2, 0) is 4.74 Å². The SMILES string of the molecule is CC(=Nc1cnn(C2COC2)c1)c1c(O)[nH]c2cnc(-c3cnccc3C)cc12. The summed E-state index contributed by atoms with van der Waals surface area (Å²) in [5, 5.41) is 15.7. The number of ether oxygens (including phenoxy) is 1. The molecule has 0 amide bonds. The normalized spacial score (nSPS) is 15.0. The van der Waals surface area contributed by atoms with Crippen molar-refractivity contribution in [1.29, 1.82) is 0 Å². The largest absolute Gasteiger partial charge is 0.494 e. The highest BCUT2D eigenvalue weighted by Crippen LogP contribution is 2.32. The number of hydrogen-bond acceptors (Lipinski definition) is 6. The van der Waals surface area contributed by atoms with E-state index in [0.29, 0.717) is 24.5 Å². The van der Waals surface area contributed by atoms with Crippen LogP contribution >= 0.6 is 0 Å². The first-order valence-corrected chi connectivity index (χ1v) is 9.39. The Hall–Kier alpha value is -3.52. The molecule has 8 nitrogen and oxygen atoms in total. The van der Waals surface area contributed by atoms with E-state index in [0.717, 1.165) is 33.4 Å². The molecule has 1 fully saturated rings. The molecule has 0 aliphatic carbocycles. The van der Waals surface area contributed by atoms with E-state index in [1.165, 1.54) is 0 Å². The monoisotopic (exact) mass is 388 g/mol. The maximum absolute atomic E-state index is 10.5. The second kappa shape index (κ2) is 6.82. The van der Waals surface area contributed by atoms with Crippen molar-refractivity contribution >= 4 is 22.3 Å². The lowest BCUT2D eigenvalue weighted by Gasteiger charge is -2.25. The van der Waals surface area contributed by atoms with Crippen molar-refractivity contribution in [2.24, 2.45) is 4.99 Å². The van der Waals surface area contributed by atoms with Crippen molar-refractivity contribution in [2.75, 3.05) is 13.2 Å². The van der Waals surface area contributed by atoms with Gasteiger partial charge in [-0.05, 0) is 31.5 Å². The van der Waals surface area contributed by atoms with Crippen LogP contribution in [0.15, 0.2) is 48.1 Å². The molecular weight excluding hydrogens is 368 g/mol. The Morgan fingerprint density at radius 2 is 2.17 bits per heavy atom. The molecule has 1 aliphatic heterocycles. The van der Waals surface area contributed by atoms with Crippen molar-refractivity contribution in [3.8, 4) is 17.1 Å². The van der Waals surface area contributed by atoms with Gasteiger partial charge < -0.3 is 14.8 Å². The molecule has 0 atom stereocenters. The Morgan fingerprint density at radius 3 is 2.93 bits per heavy atom. The minimum Gasteiger partial charge on any atom is -0.494 e. The number of hydrogen-bond donors (Lipinski definition) is 2. The summed E-state index contributed by atoms with van der Waals surface area (Å²) in [6.45, 7) is 5.25. The summed E-state index contributed by atoms with van der Waals surface area (Å²) in [6.07, 6.45) is 8.91. The zero-order chi connectivity index (χ0) is 20.0. The zero-order valence-electron chi connectivity index (χ0n) is 16.1. The Balaban J connectivity index is 1.56. The van der Waals surface area contributed by atoms with Gasteiger partial charge >= 0.3 is 0 Å². The number of aromatic hydroxyl groups is 1. The molecule has 4 aromatic rings. The minimum absolute atomic E-state index is 0.0721. The van der Waals surface area contributed by atoms with Crippen LogP contribution in [-0.4, -0.2) is 48.8 Å². The van der Waals surface area contributed by atoms with Crippen LogP contribution in [0.3, 0.4) is 0 Å². The van der Waals surface area contributed by atoms with Crippen LogP contribution in [0.2, 0.25) is 0 Å². The fraction of sp³-hybridized carbons (Fsp3) is 0.238. The summed E-state index contributed by atoms with van der Waals surface area (Å²) in [5.74, 6) is 0.0721. The number of aryl methyl sites for hydroxylation is 1. The van der Waals surface area contributed by atoms with Gasteiger partial charge in [-0.1, -0.05) is 0 Å². The quantitative estimate of drug-likeness (QED) is 0.521. The van der Waals surface area contributed by atoms with Crippen LogP contribution < -0.4 is 0 Å². The van der Waals surface area contributed by atoms with E-state index in [1.54, 1.807) is 24.8 Å². The van der Waals surface area contributed by atoms with Crippen molar-refractivity contribution in [3.63, 3.8) is 0 Å². The Morgan fingerprint density at radius 1 is 1.31 bits per heavy atom. The zero-order valence-corrected chi connectivity index (χ0v) is 16.1. The van der Waals surface area contributed by atoms with Gasteiger partial charge in [0.05, 0.1) is 60.3 Å². The standard InChI is InChI=1S/C21H20N6O2/c1-12-3-4-22-7-17(12)18-5-16-19(8-23-18)26-21(28)20(16)13(2)25-14-6-24-27(9-14)15-10-29-11-15/h3-9,15,26,28H,10-11H2,1-2H3. The van der Waals surface area contributed by atoms with Gasteiger partial charge in [-0.25, -0.2) is 4.99 Å². The van der Waals surface area contributed by atoms with E-state index < -0.39 is 0 Å². The predicted octanol–water partition coefficient (Wildman–Crippen LogP) is 3.55. The predicted molar refractivity (Wildman–Crippen MR) is 110 cm³/mol. The average Bonchev–Trinajstić information content (AvgIpc) is 3.23. The van der Waals surface area contributed by atoms with Gasteiger partial charge in [-0.3, -0.25) is 14.6 Å². The smallest absolute Gasteiger partial charge is 0.198 e. The molecule has 8 heteroatoms. The van der Waals surface area contributed by atoms with Crippen molar-refractivity contribution in [2.45, 2.75) is 19.9 Å². The number of aliphatic imine (C=N–C) groups is 1. The molecule has 0 aromatic carbocycles. The number of aromatic amines is 1. The molecule has 1 saturated heterocycles. The number of H-pyrrole nitrogens is 1. The molecule has 1 aliphatic rings. The Bertz CT molecular complexity index is 1240. The third-order valence-electron chi connectivity index (χ3n) is 5.22. The summed E-state index contributed by atoms with van der Waals surface area (Å²) in [4.78, 5) is 16.4. The van der Waals surface area contributed by atoms with Gasteiger partial charge in [0.1, 0.15) is 5.69 Å². The first kappa shape index (κ1) is 17.6. The molecule has 2 N–H and O–H groups in total. The van der Waals surface area contributed by atoms with Crippen molar-refractivity contribution in [1.82, 2.24) is 24.7 Å². The molecule has 4 aromatic heterocycles. The lowest BCUT2D eigenvalue weighted by molar-refractivity contribution is -0.0286. The highest BCUT2D eigenvalue weighted by molar-refractivity contribution is 6.13. The van der Waals surface area contributed by atoms with Crippen LogP contribution in [0.4, 0.5) is 5.69 Å². The van der Waals surface area contributed by atoms with E-state index >= 15 is 0 Å². The first-order valence-electron chi connectivity index (χ1n) is 9.39. The number of pyridine rings is 2. The molecule has 146 valence electrons. The van der Waals surface area contributed by atoms with Crippen molar-refractivity contribution < 1.29 is 9.84 Å². The van der Waals surface area contributed by atoms with Gasteiger partial charge in [-0.15, -0.1) is 0 Å². The highest BCUT2D eigenvalue weighted by atomic mass is 16.5. The molecule has 0 saturated carbocycles. The third-order valence-corrected chi connectivity index (χ3v) is 5.22. The molecule has 0 radical (unpaired) electrons. The molecule has 5 heterocycles. The first-order chi connectivity index (χ1) is 14.1. The van der Waals surface area contributed by atoms with Crippen LogP contribution in [0.1, 0.15) is 24.1 Å². The fourth-order valence-electron chi connectivity index (χ4n) is 3.54. The van der Waals surface area contributed by atoms with E-state index in [4.69, 9.17) is 4.74 Å². The van der Waals surface area contributed by atoms with E-state index in [1.807, 2.05) is 36.9 Å². The highest BCUT2D eigenvalue weighted by Gasteiger charge is 2.21. The van der Waals surface area contributed by atoms with Crippen LogP contribution in [0, 0.1) is 6.92 Å². The van der Waals surface area contributed by atoms with Gasteiger partial charge in [0.15, 0.2) is 5.88 Å². The van der Waals surface area contributed by atoms with E-state index in [2.05, 4.69) is 25.0 Å². The van der Waals surface area contributed by atoms with E-state index in [-0.39, 0.29) is 11.9 Å². The van der Waals surface area contributed by atoms with Gasteiger partial charge in [0.2, 0.25) is 0 Å². The Kier molecular flexibility index (Phi) is 4.13. The summed E-state index contributed by atoms with van der Waals surface area (Å²) in [7, 11) is 0. The molecule has 0 unspecified atom stereocenters. The molecule has 0 bridgehead atoms. The topological polar surface area (TPSA) is 101 Å². The number of fused-ring (bicyclic) bond motifs is 1. The van der Waals surface area contributed by atoms with Crippen LogP contribution in [0.25, 0.3) is 22.2 Å². The van der Waals surface area contributed by atoms with Crippen molar-refractivity contribution in [3.05, 3.63) is 54.2 Å². The average molecular weight is 388 g/mol. The number of nitrogens with one attached hydrogen (secondary N) is 1. The second-order valence-electron chi connectivity index (χ2n) is 7.22. The number of nitrogens with zero attached hydrogens (tertiary/aromatic N) is 5. The number of rotatable bonds is 4. The third kappa shape index (κ3) is 3.07. The van der Waals surface area contributed by atoms with Gasteiger partial charge in [-0.2, -0.15) is 5.10 Å². The maximum atomic E-state index is 10.5. The lowest BCUT2D eigenvalue weighted by atomic mass is 10.0. The Labute approximate surface area is 166 Å². The lowest BCUT2D eigenvalue weighted by Crippen LogP contribution is -2.30. The molecule has 29 heavy (non-hydrogen) atoms. The van der Waals surface area contributed by atoms with E-state index in [9.17, 15) is 5.11 Å². The van der Waals surface area contributed by atoms with Gasteiger partial charge in [0, 0.05) is 23.3 Å². The summed E-state index contributed by atoms with van der Waals surface area (Å²) in [6, 6.07) is 4.19. The van der Waals surface area contributed by atoms with Gasteiger partial charge in [0.25, 0.3) is 0 Å². The summed E-state index contributed by atoms with van der Waals surface area (Å²) in [5.41, 5.74) is 5.68. The number of aromatic nitrogens is 5. The molecule has 5 rings (SSSR count). The molecule has 0 spiro atoms. The fourth-order valence-corrected chi connectivity index (χ4v) is 3.54. The minimum atomic E-state index is 0.0721. The van der Waals surface area contributed by atoms with Crippen LogP contribution in [0.5, 0.6) is 5.88 Å². The molecular formula is C21H20N6O2.